The van der Waals surface area contributed by atoms with Crippen LogP contribution in [0.2, 0.25) is 5.02 Å². The van der Waals surface area contributed by atoms with E-state index in [1.807, 2.05) is 6.92 Å². The van der Waals surface area contributed by atoms with Crippen molar-refractivity contribution in [1.29, 1.82) is 0 Å². The van der Waals surface area contributed by atoms with Crippen LogP contribution in [0.25, 0.3) is 0 Å². The van der Waals surface area contributed by atoms with Crippen molar-refractivity contribution >= 4 is 29.0 Å². The minimum atomic E-state index is -0.416. The molecule has 0 saturated carbocycles. The summed E-state index contributed by atoms with van der Waals surface area (Å²) < 4.78 is 11.5. The second-order valence-corrected chi connectivity index (χ2v) is 7.20. The van der Waals surface area contributed by atoms with Crippen LogP contribution in [0, 0.1) is 6.92 Å². The number of nitrogens with zero attached hydrogens (tertiary/aromatic N) is 3. The lowest BCUT2D eigenvalue weighted by molar-refractivity contribution is -0.169. The van der Waals surface area contributed by atoms with Crippen LogP contribution < -0.4 is 10.2 Å². The molecule has 0 atom stereocenters. The first kappa shape index (κ1) is 18.2. The maximum absolute atomic E-state index is 12.4. The van der Waals surface area contributed by atoms with Crippen LogP contribution in [0.3, 0.4) is 0 Å². The Morgan fingerprint density at radius 1 is 1.19 bits per heavy atom. The van der Waals surface area contributed by atoms with Gasteiger partial charge in [0.2, 0.25) is 0 Å². The lowest BCUT2D eigenvalue weighted by Crippen LogP contribution is -2.45. The predicted octanol–water partition coefficient (Wildman–Crippen LogP) is 3.03. The van der Waals surface area contributed by atoms with Crippen molar-refractivity contribution in [2.45, 2.75) is 25.6 Å². The van der Waals surface area contributed by atoms with E-state index in [0.717, 1.165) is 37.3 Å². The second kappa shape index (κ2) is 7.42. The summed E-state index contributed by atoms with van der Waals surface area (Å²) in [5.74, 6) is 0.0344. The molecule has 0 radical (unpaired) electrons. The molecule has 2 fully saturated rings. The number of aromatic nitrogens is 2. The van der Waals surface area contributed by atoms with Gasteiger partial charge in [0, 0.05) is 36.6 Å². The van der Waals surface area contributed by atoms with Gasteiger partial charge in [-0.3, -0.25) is 4.79 Å². The molecule has 142 valence electrons. The molecule has 1 N–H and O–H groups in total. The molecule has 2 saturated heterocycles. The van der Waals surface area contributed by atoms with Gasteiger partial charge in [-0.1, -0.05) is 11.6 Å². The minimum absolute atomic E-state index is 0.268. The third-order valence-electron chi connectivity index (χ3n) is 4.97. The first-order valence-corrected chi connectivity index (χ1v) is 9.35. The van der Waals surface area contributed by atoms with Gasteiger partial charge in [0.05, 0.1) is 25.6 Å². The van der Waals surface area contributed by atoms with Crippen molar-refractivity contribution in [1.82, 2.24) is 9.97 Å². The van der Waals surface area contributed by atoms with Gasteiger partial charge in [-0.05, 0) is 30.7 Å². The highest BCUT2D eigenvalue weighted by Gasteiger charge is 2.40. The summed E-state index contributed by atoms with van der Waals surface area (Å²) in [6, 6.07) is 5.31. The SMILES string of the molecule is Cc1cc(Cl)ccc1NC(=O)c1cnc(N2CCC3(CC2)OCCO3)cn1. The number of carbonyl (C=O) groups is 1. The molecular formula is C19H21ClN4O3. The largest absolute Gasteiger partial charge is 0.355 e. The fourth-order valence-electron chi connectivity index (χ4n) is 3.42. The molecule has 27 heavy (non-hydrogen) atoms. The van der Waals surface area contributed by atoms with Gasteiger partial charge in [0.1, 0.15) is 11.5 Å². The van der Waals surface area contributed by atoms with Gasteiger partial charge >= 0.3 is 0 Å². The number of halogens is 1. The van der Waals surface area contributed by atoms with E-state index in [1.165, 1.54) is 6.20 Å². The lowest BCUT2D eigenvalue weighted by Gasteiger charge is -2.37. The fraction of sp³-hybridized carbons (Fsp3) is 0.421. The molecule has 0 aliphatic carbocycles. The Morgan fingerprint density at radius 3 is 2.56 bits per heavy atom. The number of carbonyl (C=O) groups excluding carboxylic acids is 1. The van der Waals surface area contributed by atoms with Gasteiger partial charge in [0.15, 0.2) is 5.79 Å². The molecule has 0 unspecified atom stereocenters. The predicted molar refractivity (Wildman–Crippen MR) is 102 cm³/mol. The summed E-state index contributed by atoms with van der Waals surface area (Å²) in [6.07, 6.45) is 4.74. The number of aryl methyl sites for hydroxylation is 1. The van der Waals surface area contributed by atoms with Crippen LogP contribution in [0.15, 0.2) is 30.6 Å². The summed E-state index contributed by atoms with van der Waals surface area (Å²) in [5.41, 5.74) is 1.86. The normalized spacial score (nSPS) is 18.7. The quantitative estimate of drug-likeness (QED) is 0.870. The Balaban J connectivity index is 1.39. The van der Waals surface area contributed by atoms with E-state index in [1.54, 1.807) is 24.4 Å². The molecule has 2 aromatic rings. The van der Waals surface area contributed by atoms with Crippen LogP contribution >= 0.6 is 11.6 Å². The number of ether oxygens (including phenoxy) is 2. The molecule has 3 heterocycles. The second-order valence-electron chi connectivity index (χ2n) is 6.77. The lowest BCUT2D eigenvalue weighted by atomic mass is 10.0. The Hall–Kier alpha value is -2.22. The zero-order chi connectivity index (χ0) is 18.9. The molecular weight excluding hydrogens is 368 g/mol. The van der Waals surface area contributed by atoms with Gasteiger partial charge in [-0.15, -0.1) is 0 Å². The summed E-state index contributed by atoms with van der Waals surface area (Å²) >= 11 is 5.95. The van der Waals surface area contributed by atoms with Crippen LogP contribution in [0.1, 0.15) is 28.9 Å². The number of nitrogens with one attached hydrogen (secondary N) is 1. The average Bonchev–Trinajstić information content (AvgIpc) is 3.13. The topological polar surface area (TPSA) is 76.6 Å². The minimum Gasteiger partial charge on any atom is -0.355 e. The monoisotopic (exact) mass is 388 g/mol. The molecule has 2 aliphatic heterocycles. The Kier molecular flexibility index (Phi) is 4.99. The van der Waals surface area contributed by atoms with Crippen molar-refractivity contribution in [3.8, 4) is 0 Å². The van der Waals surface area contributed by atoms with Crippen molar-refractivity contribution < 1.29 is 14.3 Å². The highest BCUT2D eigenvalue weighted by molar-refractivity contribution is 6.30. The Bertz CT molecular complexity index is 827. The molecule has 0 bridgehead atoms. The molecule has 7 nitrogen and oxygen atoms in total. The standard InChI is InChI=1S/C19H21ClN4O3/c1-13-10-14(20)2-3-15(13)23-18(25)16-11-22-17(12-21-16)24-6-4-19(5-7-24)26-8-9-27-19/h2-3,10-12H,4-9H2,1H3,(H,23,25). The number of hydrogen-bond acceptors (Lipinski definition) is 6. The number of rotatable bonds is 3. The first-order chi connectivity index (χ1) is 13.0. The van der Waals surface area contributed by atoms with Crippen LogP contribution in [0.4, 0.5) is 11.5 Å². The van der Waals surface area contributed by atoms with Crippen molar-refractivity contribution in [2.75, 3.05) is 36.5 Å². The third-order valence-corrected chi connectivity index (χ3v) is 5.21. The Labute approximate surface area is 162 Å². The zero-order valence-electron chi connectivity index (χ0n) is 15.1. The highest BCUT2D eigenvalue weighted by atomic mass is 35.5. The smallest absolute Gasteiger partial charge is 0.275 e. The van der Waals surface area contributed by atoms with Crippen molar-refractivity contribution in [3.63, 3.8) is 0 Å². The molecule has 8 heteroatoms. The molecule has 1 aromatic carbocycles. The zero-order valence-corrected chi connectivity index (χ0v) is 15.8. The van der Waals surface area contributed by atoms with Crippen LogP contribution in [0.5, 0.6) is 0 Å². The maximum atomic E-state index is 12.4. The van der Waals surface area contributed by atoms with Gasteiger partial charge < -0.3 is 19.7 Å². The average molecular weight is 389 g/mol. The summed E-state index contributed by atoms with van der Waals surface area (Å²) in [4.78, 5) is 23.2. The number of amides is 1. The summed E-state index contributed by atoms with van der Waals surface area (Å²) in [7, 11) is 0. The van der Waals surface area contributed by atoms with E-state index in [2.05, 4.69) is 20.2 Å². The summed E-state index contributed by atoms with van der Waals surface area (Å²) in [6.45, 7) is 4.78. The first-order valence-electron chi connectivity index (χ1n) is 8.97. The molecule has 1 amide bonds. The van der Waals surface area contributed by atoms with E-state index in [0.29, 0.717) is 23.9 Å². The van der Waals surface area contributed by atoms with Gasteiger partial charge in [0.25, 0.3) is 5.91 Å². The van der Waals surface area contributed by atoms with E-state index < -0.39 is 5.79 Å². The molecule has 1 aromatic heterocycles. The fourth-order valence-corrected chi connectivity index (χ4v) is 3.64. The van der Waals surface area contributed by atoms with Crippen LogP contribution in [-0.4, -0.2) is 48.0 Å². The molecule has 4 rings (SSSR count). The number of anilines is 2. The van der Waals surface area contributed by atoms with Crippen molar-refractivity contribution in [2.24, 2.45) is 0 Å². The third kappa shape index (κ3) is 3.90. The highest BCUT2D eigenvalue weighted by Crippen LogP contribution is 2.32. The van der Waals surface area contributed by atoms with Crippen LogP contribution in [-0.2, 0) is 9.47 Å². The molecule has 1 spiro atoms. The number of hydrogen-bond donors (Lipinski definition) is 1. The number of benzene rings is 1. The summed E-state index contributed by atoms with van der Waals surface area (Å²) in [5, 5.41) is 3.47. The maximum Gasteiger partial charge on any atom is 0.275 e. The van der Waals surface area contributed by atoms with E-state index >= 15 is 0 Å². The van der Waals surface area contributed by atoms with Gasteiger partial charge in [-0.2, -0.15) is 0 Å². The molecule has 2 aliphatic rings. The number of piperidine rings is 1. The van der Waals surface area contributed by atoms with E-state index in [9.17, 15) is 4.79 Å². The van der Waals surface area contributed by atoms with Gasteiger partial charge in [-0.25, -0.2) is 9.97 Å². The van der Waals surface area contributed by atoms with E-state index in [4.69, 9.17) is 21.1 Å². The van der Waals surface area contributed by atoms with Crippen molar-refractivity contribution in [3.05, 3.63) is 46.9 Å². The Morgan fingerprint density at radius 2 is 1.93 bits per heavy atom. The van der Waals surface area contributed by atoms with E-state index in [-0.39, 0.29) is 11.6 Å².